The molecule has 14 nitrogen and oxygen atoms in total. The summed E-state index contributed by atoms with van der Waals surface area (Å²) in [7, 11) is 0. The van der Waals surface area contributed by atoms with Gasteiger partial charge in [-0.3, -0.25) is 10.1 Å². The molecule has 1 aliphatic heterocycles. The first-order valence-electron chi connectivity index (χ1n) is 8.92. The van der Waals surface area contributed by atoms with Crippen molar-refractivity contribution in [3.8, 4) is 0 Å². The van der Waals surface area contributed by atoms with E-state index in [-0.39, 0.29) is 28.3 Å². The van der Waals surface area contributed by atoms with E-state index in [2.05, 4.69) is 32.6 Å². The van der Waals surface area contributed by atoms with E-state index >= 15 is 0 Å². The van der Waals surface area contributed by atoms with E-state index in [9.17, 15) is 30.3 Å². The molecular weight excluding hydrogens is 465 g/mol. The maximum absolute atomic E-state index is 11.1. The molecule has 0 aliphatic carbocycles. The Morgan fingerprint density at radius 2 is 1.75 bits per heavy atom. The van der Waals surface area contributed by atoms with Crippen molar-refractivity contribution in [2.24, 2.45) is 10.3 Å². The Bertz CT molecular complexity index is 1160. The summed E-state index contributed by atoms with van der Waals surface area (Å²) in [6, 6.07) is 9.63. The number of rotatable bonds is 9. The minimum atomic E-state index is -0.832. The van der Waals surface area contributed by atoms with Gasteiger partial charge in [0, 0.05) is 0 Å². The number of non-ortho nitro benzene ring substituents is 1. The third-order valence-corrected chi connectivity index (χ3v) is 4.57. The second-order valence-electron chi connectivity index (χ2n) is 6.41. The first kappa shape index (κ1) is 22.6. The predicted octanol–water partition coefficient (Wildman–Crippen LogP) is 2.51. The summed E-state index contributed by atoms with van der Waals surface area (Å²) in [5, 5.41) is 39.3. The maximum atomic E-state index is 11.1. The number of benzene rings is 2. The molecule has 0 radical (unpaired) electrons. The second kappa shape index (κ2) is 9.85. The van der Waals surface area contributed by atoms with Crippen LogP contribution in [0.4, 0.5) is 22.7 Å². The third kappa shape index (κ3) is 5.77. The van der Waals surface area contributed by atoms with E-state index in [0.717, 1.165) is 17.7 Å². The van der Waals surface area contributed by atoms with Gasteiger partial charge in [-0.25, -0.2) is 0 Å². The van der Waals surface area contributed by atoms with Crippen molar-refractivity contribution < 1.29 is 41.3 Å². The van der Waals surface area contributed by atoms with Crippen molar-refractivity contribution in [3.63, 3.8) is 0 Å². The van der Waals surface area contributed by atoms with Gasteiger partial charge in [0.1, 0.15) is 0 Å². The molecule has 163 valence electrons. The third-order valence-electron chi connectivity index (χ3n) is 4.24. The summed E-state index contributed by atoms with van der Waals surface area (Å²) in [6.45, 7) is 0.767. The van der Waals surface area contributed by atoms with Gasteiger partial charge in [-0.05, 0) is 0 Å². The van der Waals surface area contributed by atoms with Crippen molar-refractivity contribution in [1.82, 2.24) is 0 Å². The molecular formula is C17H14N7O7V+. The van der Waals surface area contributed by atoms with Gasteiger partial charge >= 0.3 is 178 Å². The molecule has 1 heterocycles. The molecule has 15 heteroatoms. The van der Waals surface area contributed by atoms with Gasteiger partial charge in [0.15, 0.2) is 0 Å². The summed E-state index contributed by atoms with van der Waals surface area (Å²) in [5.41, 5.74) is -0.0882. The molecule has 0 fully saturated rings. The van der Waals surface area contributed by atoms with E-state index in [4.69, 9.17) is 4.84 Å². The van der Waals surface area contributed by atoms with Crippen LogP contribution in [0.15, 0.2) is 52.7 Å². The first-order valence-corrected chi connectivity index (χ1v) is 9.62. The fourth-order valence-electron chi connectivity index (χ4n) is 2.71. The Labute approximate surface area is 188 Å². The van der Waals surface area contributed by atoms with Crippen LogP contribution < -0.4 is 5.32 Å². The number of nitrogens with zero attached hydrogens (tertiary/aromatic N) is 6. The van der Waals surface area contributed by atoms with Crippen LogP contribution in [-0.2, 0) is 28.2 Å². The van der Waals surface area contributed by atoms with Crippen molar-refractivity contribution in [2.45, 2.75) is 6.42 Å². The van der Waals surface area contributed by atoms with Gasteiger partial charge in [0.2, 0.25) is 0 Å². The minimum absolute atomic E-state index is 0.0207. The molecule has 1 N–H and O–H groups in total. The number of nitro groups is 3. The number of anilines is 1. The quantitative estimate of drug-likeness (QED) is 0.324. The van der Waals surface area contributed by atoms with Crippen LogP contribution in [0.2, 0.25) is 0 Å². The molecule has 0 unspecified atom stereocenters. The van der Waals surface area contributed by atoms with Crippen molar-refractivity contribution in [1.29, 1.82) is 0 Å². The molecule has 0 atom stereocenters. The number of aliphatic imine (C=N–C) groups is 1. The topological polar surface area (TPSA) is 178 Å². The summed E-state index contributed by atoms with van der Waals surface area (Å²) >= 11 is 2.12. The van der Waals surface area contributed by atoms with E-state index in [0.29, 0.717) is 13.0 Å². The fourth-order valence-corrected chi connectivity index (χ4v) is 3.09. The molecule has 0 spiro atoms. The zero-order chi connectivity index (χ0) is 23.3. The molecule has 32 heavy (non-hydrogen) atoms. The van der Waals surface area contributed by atoms with Crippen molar-refractivity contribution >= 4 is 33.1 Å². The number of nitrogens with one attached hydrogen (secondary N) is 1. The molecule has 1 aliphatic rings. The van der Waals surface area contributed by atoms with Gasteiger partial charge < -0.3 is 0 Å². The normalized spacial score (nSPS) is 13.8. The Balaban J connectivity index is 1.55. The van der Waals surface area contributed by atoms with Crippen molar-refractivity contribution in [2.75, 3.05) is 18.4 Å². The van der Waals surface area contributed by atoms with Crippen LogP contribution in [0, 0.1) is 30.3 Å². The van der Waals surface area contributed by atoms with E-state index in [1.54, 1.807) is 16.8 Å². The van der Waals surface area contributed by atoms with Gasteiger partial charge in [-0.2, -0.15) is 0 Å². The summed E-state index contributed by atoms with van der Waals surface area (Å²) < 4.78 is 1.90. The van der Waals surface area contributed by atoms with E-state index in [1.165, 1.54) is 18.2 Å². The summed E-state index contributed by atoms with van der Waals surface area (Å²) in [5.74, 6) is 0.272. The molecule has 0 bridgehead atoms. The Hall–Kier alpha value is -4.04. The number of hydrogen-bond donors (Lipinski definition) is 1. The average molecular weight is 479 g/mol. The SMILES string of the molecule is O=[N+]([O-])c1ccc(CC[N+]2=NO/C(=N/[C](=[V])Nc3ccc([N+](=O)[O-])c([N+](=O)[O-])c3)C2)cc1. The predicted molar refractivity (Wildman–Crippen MR) is 106 cm³/mol. The zero-order valence-corrected chi connectivity index (χ0v) is 17.5. The van der Waals surface area contributed by atoms with E-state index in [1.807, 2.05) is 0 Å². The average Bonchev–Trinajstić information content (AvgIpc) is 3.19. The van der Waals surface area contributed by atoms with Gasteiger partial charge in [-0.15, -0.1) is 0 Å². The standard InChI is InChI=1S/C17H14N7O7.V/c25-22(26)14-4-1-12(2-5-14)7-8-21-10-17(31-20-21)19-11-18-13-3-6-15(23(27)28)16(9-13)24(29)30;/h1-6,9,18H,7-8,10H2;/q+1;/b19-17+;. The first-order chi connectivity index (χ1) is 15.2. The molecule has 2 aromatic carbocycles. The van der Waals surface area contributed by atoms with Crippen LogP contribution in [0.25, 0.3) is 0 Å². The van der Waals surface area contributed by atoms with Crippen LogP contribution in [0.5, 0.6) is 0 Å². The zero-order valence-electron chi connectivity index (χ0n) is 16.2. The summed E-state index contributed by atoms with van der Waals surface area (Å²) in [4.78, 5) is 39.9. The van der Waals surface area contributed by atoms with Crippen molar-refractivity contribution in [3.05, 3.63) is 78.4 Å². The molecule has 3 rings (SSSR count). The Kier molecular flexibility index (Phi) is 6.97. The fraction of sp³-hybridized carbons (Fsp3) is 0.176. The molecule has 0 saturated carbocycles. The Morgan fingerprint density at radius 1 is 1.06 bits per heavy atom. The number of hydrogen-bond acceptors (Lipinski definition) is 10. The van der Waals surface area contributed by atoms with Crippen LogP contribution >= 0.6 is 0 Å². The van der Waals surface area contributed by atoms with Gasteiger partial charge in [-0.1, -0.05) is 0 Å². The van der Waals surface area contributed by atoms with E-state index < -0.39 is 26.1 Å². The van der Waals surface area contributed by atoms with Crippen LogP contribution in [-0.4, -0.2) is 42.9 Å². The van der Waals surface area contributed by atoms with Gasteiger partial charge in [0.25, 0.3) is 0 Å². The number of nitro benzene ring substituents is 3. The molecule has 0 aromatic heterocycles. The summed E-state index contributed by atoms with van der Waals surface area (Å²) in [6.07, 6.45) is 0.585. The van der Waals surface area contributed by atoms with Crippen LogP contribution in [0.1, 0.15) is 5.56 Å². The van der Waals surface area contributed by atoms with Crippen LogP contribution in [0.3, 0.4) is 0 Å². The molecule has 0 saturated heterocycles. The monoisotopic (exact) mass is 479 g/mol. The second-order valence-corrected chi connectivity index (χ2v) is 7.07. The molecule has 2 aromatic rings. The van der Waals surface area contributed by atoms with Gasteiger partial charge in [0.05, 0.1) is 0 Å². The Morgan fingerprint density at radius 3 is 2.38 bits per heavy atom. The molecule has 0 amide bonds.